The van der Waals surface area contributed by atoms with Crippen molar-refractivity contribution < 1.29 is 19.4 Å². The third-order valence-electron chi connectivity index (χ3n) is 9.60. The van der Waals surface area contributed by atoms with Gasteiger partial charge in [-0.1, -0.05) is 54.6 Å². The molecule has 1 fully saturated rings. The van der Waals surface area contributed by atoms with Gasteiger partial charge in [0.2, 0.25) is 0 Å². The standard InChI is InChI=1S/C37H43N5O4/c1-39-18-20-41(21-19-39)24-32-34-30-14-8-13-28-29(15-9-23-46-33-16-7-11-26-10-3-4-12-27(26)33)36(37(43)44)42(35(28)30)17-5-6-22-45-25-31(34)38-40(32)2/h3-4,7-8,10-14,16H,5-6,9,15,17-25H2,1-2H3,(H,43,44). The van der Waals surface area contributed by atoms with Crippen LogP contribution in [0.3, 0.4) is 0 Å². The van der Waals surface area contributed by atoms with Crippen LogP contribution in [0.2, 0.25) is 0 Å². The smallest absolute Gasteiger partial charge is 0.352 e. The molecule has 0 saturated carbocycles. The van der Waals surface area contributed by atoms with Gasteiger partial charge in [0.1, 0.15) is 11.4 Å². The van der Waals surface area contributed by atoms with Gasteiger partial charge >= 0.3 is 5.97 Å². The maximum Gasteiger partial charge on any atom is 0.352 e. The minimum atomic E-state index is -0.887. The van der Waals surface area contributed by atoms with Crippen LogP contribution in [-0.2, 0) is 37.9 Å². The van der Waals surface area contributed by atoms with E-state index >= 15 is 0 Å². The average Bonchev–Trinajstić information content (AvgIpc) is 3.54. The fourth-order valence-electron chi connectivity index (χ4n) is 7.23. The zero-order valence-electron chi connectivity index (χ0n) is 26.9. The summed E-state index contributed by atoms with van der Waals surface area (Å²) in [6.07, 6.45) is 3.00. The number of hydrogen-bond acceptors (Lipinski definition) is 6. The van der Waals surface area contributed by atoms with Crippen molar-refractivity contribution in [1.82, 2.24) is 24.1 Å². The molecule has 2 aliphatic heterocycles. The van der Waals surface area contributed by atoms with Crippen molar-refractivity contribution in [2.75, 3.05) is 46.4 Å². The van der Waals surface area contributed by atoms with Gasteiger partial charge in [0.15, 0.2) is 0 Å². The Hall–Kier alpha value is -4.18. The number of aryl methyl sites for hydroxylation is 3. The molecule has 0 spiro atoms. The topological polar surface area (TPSA) is 85.0 Å². The third-order valence-corrected chi connectivity index (χ3v) is 9.60. The number of fused-ring (bicyclic) bond motifs is 3. The lowest BCUT2D eigenvalue weighted by Crippen LogP contribution is -2.44. The molecule has 1 N–H and O–H groups in total. The summed E-state index contributed by atoms with van der Waals surface area (Å²) in [4.78, 5) is 17.9. The number of benzene rings is 3. The lowest BCUT2D eigenvalue weighted by molar-refractivity contribution is 0.0683. The van der Waals surface area contributed by atoms with Crippen molar-refractivity contribution >= 4 is 27.6 Å². The normalized spacial score (nSPS) is 16.4. The predicted octanol–water partition coefficient (Wildman–Crippen LogP) is 5.96. The van der Waals surface area contributed by atoms with Crippen LogP contribution < -0.4 is 4.74 Å². The van der Waals surface area contributed by atoms with Crippen LogP contribution in [-0.4, -0.2) is 81.7 Å². The van der Waals surface area contributed by atoms with Gasteiger partial charge in [-0.3, -0.25) is 9.58 Å². The summed E-state index contributed by atoms with van der Waals surface area (Å²) in [6.45, 7) is 7.04. The zero-order chi connectivity index (χ0) is 31.6. The Morgan fingerprint density at radius 2 is 1.72 bits per heavy atom. The van der Waals surface area contributed by atoms with E-state index in [-0.39, 0.29) is 0 Å². The first kappa shape index (κ1) is 30.5. The first-order valence-electron chi connectivity index (χ1n) is 16.5. The molecule has 2 aliphatic rings. The van der Waals surface area contributed by atoms with Crippen molar-refractivity contribution in [3.05, 3.63) is 83.3 Å². The Bertz CT molecular complexity index is 1860. The number of likely N-dealkylation sites (N-methyl/N-ethyl adjacent to an activating group) is 1. The molecule has 9 heteroatoms. The first-order chi connectivity index (χ1) is 22.5. The van der Waals surface area contributed by atoms with E-state index in [1.54, 1.807) is 0 Å². The van der Waals surface area contributed by atoms with E-state index < -0.39 is 5.97 Å². The number of aromatic nitrogens is 3. The number of carbonyl (C=O) groups is 1. The summed E-state index contributed by atoms with van der Waals surface area (Å²) in [5.74, 6) is -0.0303. The minimum Gasteiger partial charge on any atom is -0.493 e. The van der Waals surface area contributed by atoms with E-state index in [0.717, 1.165) is 101 Å². The first-order valence-corrected chi connectivity index (χ1v) is 16.5. The van der Waals surface area contributed by atoms with Crippen LogP contribution in [0.5, 0.6) is 5.75 Å². The summed E-state index contributed by atoms with van der Waals surface area (Å²) < 4.78 is 16.5. The van der Waals surface area contributed by atoms with Gasteiger partial charge in [-0.15, -0.1) is 0 Å². The second kappa shape index (κ2) is 13.3. The number of piperazine rings is 1. The molecule has 7 rings (SSSR count). The number of nitrogens with zero attached hydrogens (tertiary/aromatic N) is 5. The second-order valence-electron chi connectivity index (χ2n) is 12.6. The van der Waals surface area contributed by atoms with Crippen LogP contribution in [0.15, 0.2) is 60.7 Å². The Morgan fingerprint density at radius 1 is 0.935 bits per heavy atom. The molecular weight excluding hydrogens is 578 g/mol. The van der Waals surface area contributed by atoms with E-state index in [2.05, 4.69) is 57.8 Å². The van der Waals surface area contributed by atoms with Gasteiger partial charge in [-0.05, 0) is 49.7 Å². The lowest BCUT2D eigenvalue weighted by Gasteiger charge is -2.32. The fourth-order valence-corrected chi connectivity index (χ4v) is 7.23. The molecule has 240 valence electrons. The number of para-hydroxylation sites is 1. The Kier molecular flexibility index (Phi) is 8.80. The van der Waals surface area contributed by atoms with Crippen LogP contribution in [0.1, 0.15) is 46.7 Å². The Labute approximate surface area is 269 Å². The van der Waals surface area contributed by atoms with Crippen LogP contribution in [0.4, 0.5) is 0 Å². The molecular formula is C37H43N5O4. The lowest BCUT2D eigenvalue weighted by atomic mass is 9.97. The molecule has 9 nitrogen and oxygen atoms in total. The highest BCUT2D eigenvalue weighted by Gasteiger charge is 2.28. The number of carboxylic acids is 1. The molecule has 2 aromatic heterocycles. The highest BCUT2D eigenvalue weighted by Crippen LogP contribution is 2.39. The van der Waals surface area contributed by atoms with Crippen LogP contribution in [0.25, 0.3) is 32.8 Å². The molecule has 4 heterocycles. The van der Waals surface area contributed by atoms with Gasteiger partial charge in [0.25, 0.3) is 0 Å². The van der Waals surface area contributed by atoms with E-state index in [4.69, 9.17) is 14.6 Å². The van der Waals surface area contributed by atoms with Crippen molar-refractivity contribution in [3.8, 4) is 16.9 Å². The maximum absolute atomic E-state index is 13.0. The van der Waals surface area contributed by atoms with Gasteiger partial charge in [0, 0.05) is 74.8 Å². The molecule has 0 aliphatic carbocycles. The minimum absolute atomic E-state index is 0.388. The zero-order valence-corrected chi connectivity index (χ0v) is 26.9. The summed E-state index contributed by atoms with van der Waals surface area (Å²) in [5, 5.41) is 18.9. The van der Waals surface area contributed by atoms with Crippen molar-refractivity contribution in [2.45, 2.75) is 45.4 Å². The molecule has 0 bridgehead atoms. The molecule has 46 heavy (non-hydrogen) atoms. The number of hydrogen-bond donors (Lipinski definition) is 1. The number of ether oxygens (including phenoxy) is 2. The summed E-state index contributed by atoms with van der Waals surface area (Å²) >= 11 is 0. The summed E-state index contributed by atoms with van der Waals surface area (Å²) in [6, 6.07) is 20.6. The largest absolute Gasteiger partial charge is 0.493 e. The van der Waals surface area contributed by atoms with Crippen molar-refractivity contribution in [2.24, 2.45) is 7.05 Å². The Morgan fingerprint density at radius 3 is 2.57 bits per heavy atom. The quantitative estimate of drug-likeness (QED) is 0.214. The summed E-state index contributed by atoms with van der Waals surface area (Å²) in [5.41, 5.74) is 6.43. The molecule has 0 amide bonds. The summed E-state index contributed by atoms with van der Waals surface area (Å²) in [7, 11) is 4.19. The molecule has 0 atom stereocenters. The highest BCUT2D eigenvalue weighted by molar-refractivity contribution is 6.04. The molecule has 3 aromatic carbocycles. The molecule has 1 saturated heterocycles. The third kappa shape index (κ3) is 5.90. The Balaban J connectivity index is 1.27. The van der Waals surface area contributed by atoms with Gasteiger partial charge in [-0.2, -0.15) is 5.10 Å². The molecule has 0 unspecified atom stereocenters. The van der Waals surface area contributed by atoms with Crippen LogP contribution >= 0.6 is 0 Å². The molecule has 0 radical (unpaired) electrons. The van der Waals surface area contributed by atoms with E-state index in [1.807, 2.05) is 36.0 Å². The molecule has 5 aromatic rings. The van der Waals surface area contributed by atoms with Gasteiger partial charge < -0.3 is 24.0 Å². The second-order valence-corrected chi connectivity index (χ2v) is 12.6. The van der Waals surface area contributed by atoms with Gasteiger partial charge in [-0.25, -0.2) is 4.79 Å². The van der Waals surface area contributed by atoms with Crippen molar-refractivity contribution in [1.29, 1.82) is 0 Å². The highest BCUT2D eigenvalue weighted by atomic mass is 16.5. The predicted molar refractivity (Wildman–Crippen MR) is 181 cm³/mol. The van der Waals surface area contributed by atoms with Gasteiger partial charge in [0.05, 0.1) is 30.1 Å². The van der Waals surface area contributed by atoms with E-state index in [1.165, 1.54) is 0 Å². The maximum atomic E-state index is 13.0. The fraction of sp³-hybridized carbons (Fsp3) is 0.405. The van der Waals surface area contributed by atoms with Crippen molar-refractivity contribution in [3.63, 3.8) is 0 Å². The van der Waals surface area contributed by atoms with E-state index in [0.29, 0.717) is 44.9 Å². The van der Waals surface area contributed by atoms with Crippen LogP contribution in [0, 0.1) is 0 Å². The monoisotopic (exact) mass is 621 g/mol. The SMILES string of the molecule is CN1CCN(Cc2c3c(nn2C)COCCCCn2c(C(=O)O)c(CCCOc4cccc5ccccc45)c4cccc-3c42)CC1. The number of aromatic carboxylic acids is 1. The number of carboxylic acid groups (broad SMARTS) is 1. The average molecular weight is 622 g/mol. The van der Waals surface area contributed by atoms with E-state index in [9.17, 15) is 9.90 Å². The number of rotatable bonds is 8.